The average Bonchev–Trinajstić information content (AvgIpc) is 2.55. The molecule has 0 fully saturated rings. The normalized spacial score (nSPS) is 12.4. The van der Waals surface area contributed by atoms with Gasteiger partial charge < -0.3 is 10.1 Å². The maximum atomic E-state index is 13.5. The summed E-state index contributed by atoms with van der Waals surface area (Å²) in [5, 5.41) is 1.93. The Morgan fingerprint density at radius 1 is 1.11 bits per heavy atom. The van der Waals surface area contributed by atoms with Gasteiger partial charge in [0.15, 0.2) is 6.10 Å². The number of amides is 1. The lowest BCUT2D eigenvalue weighted by Crippen LogP contribution is -2.30. The molecule has 0 unspecified atom stereocenters. The van der Waals surface area contributed by atoms with Gasteiger partial charge in [-0.3, -0.25) is 4.79 Å². The fraction of sp³-hybridized carbons (Fsp3) is 0.176. The summed E-state index contributed by atoms with van der Waals surface area (Å²) in [6, 6.07) is 4.43. The van der Waals surface area contributed by atoms with E-state index in [1.165, 1.54) is 0 Å². The Bertz CT molecular complexity index is 885. The predicted octanol–water partition coefficient (Wildman–Crippen LogP) is 4.82. The van der Waals surface area contributed by atoms with E-state index in [9.17, 15) is 31.5 Å². The molecule has 0 spiro atoms. The Balaban J connectivity index is 2.11. The number of hydrogen-bond donors (Lipinski definition) is 1. The number of carbonyl (C=O) groups is 2. The molecule has 1 amide bonds. The number of alkyl halides is 3. The fourth-order valence-electron chi connectivity index (χ4n) is 1.96. The number of carbonyl (C=O) groups excluding carboxylic acids is 2. The predicted molar refractivity (Wildman–Crippen MR) is 86.3 cm³/mol. The molecule has 0 saturated heterocycles. The molecular formula is C17H11ClF5NO3. The molecule has 0 aliphatic rings. The summed E-state index contributed by atoms with van der Waals surface area (Å²) in [5.41, 5.74) is -1.99. The molecule has 0 aliphatic carbocycles. The van der Waals surface area contributed by atoms with E-state index in [2.05, 4.69) is 5.32 Å². The van der Waals surface area contributed by atoms with Crippen molar-refractivity contribution in [2.24, 2.45) is 0 Å². The maximum Gasteiger partial charge on any atom is 0.416 e. The third-order valence-electron chi connectivity index (χ3n) is 3.36. The number of rotatable bonds is 4. The van der Waals surface area contributed by atoms with Crippen molar-refractivity contribution in [3.63, 3.8) is 0 Å². The van der Waals surface area contributed by atoms with Crippen LogP contribution in [0.15, 0.2) is 36.4 Å². The first-order valence-electron chi connectivity index (χ1n) is 7.32. The van der Waals surface area contributed by atoms with Crippen LogP contribution < -0.4 is 5.32 Å². The first-order chi connectivity index (χ1) is 12.5. The van der Waals surface area contributed by atoms with Crippen LogP contribution in [0.2, 0.25) is 5.02 Å². The first kappa shape index (κ1) is 20.6. The highest BCUT2D eigenvalue weighted by Gasteiger charge is 2.31. The van der Waals surface area contributed by atoms with Crippen LogP contribution in [0, 0.1) is 11.6 Å². The highest BCUT2D eigenvalue weighted by atomic mass is 35.5. The van der Waals surface area contributed by atoms with Gasteiger partial charge in [0.2, 0.25) is 0 Å². The maximum absolute atomic E-state index is 13.5. The van der Waals surface area contributed by atoms with Crippen LogP contribution in [0.1, 0.15) is 22.8 Å². The molecule has 0 heterocycles. The van der Waals surface area contributed by atoms with Gasteiger partial charge in [0.05, 0.1) is 21.8 Å². The van der Waals surface area contributed by atoms with Gasteiger partial charge in [0.1, 0.15) is 11.6 Å². The minimum atomic E-state index is -4.65. The van der Waals surface area contributed by atoms with E-state index < -0.39 is 46.9 Å². The summed E-state index contributed by atoms with van der Waals surface area (Å²) >= 11 is 5.76. The summed E-state index contributed by atoms with van der Waals surface area (Å²) in [4.78, 5) is 23.9. The Morgan fingerprint density at radius 3 is 2.37 bits per heavy atom. The van der Waals surface area contributed by atoms with E-state index in [1.807, 2.05) is 0 Å². The molecule has 0 aromatic heterocycles. The number of anilines is 1. The lowest BCUT2D eigenvalue weighted by Gasteiger charge is -2.15. The van der Waals surface area contributed by atoms with E-state index in [-0.39, 0.29) is 10.7 Å². The van der Waals surface area contributed by atoms with Crippen LogP contribution in [-0.4, -0.2) is 18.0 Å². The zero-order valence-electron chi connectivity index (χ0n) is 13.5. The number of nitrogens with one attached hydrogen (secondary N) is 1. The highest BCUT2D eigenvalue weighted by Crippen LogP contribution is 2.33. The molecule has 1 atom stereocenters. The van der Waals surface area contributed by atoms with Crippen molar-refractivity contribution < 1.29 is 36.3 Å². The largest absolute Gasteiger partial charge is 0.449 e. The first-order valence-corrected chi connectivity index (χ1v) is 7.70. The van der Waals surface area contributed by atoms with Crippen LogP contribution in [0.25, 0.3) is 0 Å². The molecule has 144 valence electrons. The lowest BCUT2D eigenvalue weighted by atomic mass is 10.2. The minimum Gasteiger partial charge on any atom is -0.449 e. The number of hydrogen-bond acceptors (Lipinski definition) is 3. The topological polar surface area (TPSA) is 55.4 Å². The molecule has 2 aromatic rings. The van der Waals surface area contributed by atoms with Crippen molar-refractivity contribution in [1.29, 1.82) is 0 Å². The van der Waals surface area contributed by atoms with Crippen molar-refractivity contribution in [2.45, 2.75) is 19.2 Å². The molecule has 2 aromatic carbocycles. The van der Waals surface area contributed by atoms with Crippen LogP contribution in [0.3, 0.4) is 0 Å². The number of benzene rings is 2. The number of ether oxygens (including phenoxy) is 1. The van der Waals surface area contributed by atoms with Crippen molar-refractivity contribution in [3.8, 4) is 0 Å². The molecule has 0 radical (unpaired) electrons. The molecule has 0 saturated carbocycles. The zero-order chi connectivity index (χ0) is 20.4. The van der Waals surface area contributed by atoms with Crippen molar-refractivity contribution in [1.82, 2.24) is 0 Å². The average molecular weight is 408 g/mol. The second kappa shape index (κ2) is 7.91. The molecule has 2 rings (SSSR count). The summed E-state index contributed by atoms with van der Waals surface area (Å²) in [5.74, 6) is -4.33. The zero-order valence-corrected chi connectivity index (χ0v) is 14.3. The minimum absolute atomic E-state index is 0.167. The van der Waals surface area contributed by atoms with E-state index in [1.54, 1.807) is 0 Å². The van der Waals surface area contributed by atoms with Crippen LogP contribution in [0.4, 0.5) is 27.6 Å². The van der Waals surface area contributed by atoms with E-state index >= 15 is 0 Å². The SMILES string of the molecule is C[C@H](OC(=O)c1ccc(F)cc1F)C(=O)Nc1cc(C(F)(F)F)ccc1Cl. The molecule has 0 bridgehead atoms. The van der Waals surface area contributed by atoms with E-state index in [0.717, 1.165) is 31.2 Å². The van der Waals surface area contributed by atoms with E-state index in [4.69, 9.17) is 16.3 Å². The Labute approximate surface area is 154 Å². The smallest absolute Gasteiger partial charge is 0.416 e. The third kappa shape index (κ3) is 5.16. The van der Waals surface area contributed by atoms with Crippen LogP contribution >= 0.6 is 11.6 Å². The molecule has 27 heavy (non-hydrogen) atoms. The van der Waals surface area contributed by atoms with Crippen molar-refractivity contribution >= 4 is 29.2 Å². The van der Waals surface area contributed by atoms with Crippen molar-refractivity contribution in [2.75, 3.05) is 5.32 Å². The number of halogens is 6. The van der Waals surface area contributed by atoms with Crippen molar-refractivity contribution in [3.05, 3.63) is 64.2 Å². The van der Waals surface area contributed by atoms with Gasteiger partial charge in [0.25, 0.3) is 5.91 Å². The van der Waals surface area contributed by atoms with Gasteiger partial charge in [0, 0.05) is 6.07 Å². The molecule has 10 heteroatoms. The molecule has 0 aliphatic heterocycles. The Morgan fingerprint density at radius 2 is 1.78 bits per heavy atom. The van der Waals surface area contributed by atoms with Crippen LogP contribution in [0.5, 0.6) is 0 Å². The lowest BCUT2D eigenvalue weighted by molar-refractivity contribution is -0.137. The van der Waals surface area contributed by atoms with Gasteiger partial charge in [-0.2, -0.15) is 13.2 Å². The molecular weight excluding hydrogens is 397 g/mol. The van der Waals surface area contributed by atoms with Gasteiger partial charge in [-0.05, 0) is 37.3 Å². The second-order valence-corrected chi connectivity index (χ2v) is 5.76. The quantitative estimate of drug-likeness (QED) is 0.584. The summed E-state index contributed by atoms with van der Waals surface area (Å²) in [7, 11) is 0. The van der Waals surface area contributed by atoms with Gasteiger partial charge >= 0.3 is 12.1 Å². The Hall–Kier alpha value is -2.68. The standard InChI is InChI=1S/C17H11ClF5NO3/c1-8(27-16(26)11-4-3-10(19)7-13(11)20)15(25)24-14-6-9(17(21,22)23)2-5-12(14)18/h2-8H,1H3,(H,24,25)/t8-/m0/s1. The molecule has 1 N–H and O–H groups in total. The summed E-state index contributed by atoms with van der Waals surface area (Å²) in [6.07, 6.45) is -6.14. The summed E-state index contributed by atoms with van der Waals surface area (Å²) < 4.78 is 69.3. The second-order valence-electron chi connectivity index (χ2n) is 5.35. The van der Waals surface area contributed by atoms with E-state index in [0.29, 0.717) is 12.1 Å². The highest BCUT2D eigenvalue weighted by molar-refractivity contribution is 6.33. The molecule has 4 nitrogen and oxygen atoms in total. The van der Waals surface area contributed by atoms with Gasteiger partial charge in [-0.15, -0.1) is 0 Å². The van der Waals surface area contributed by atoms with Gasteiger partial charge in [-0.1, -0.05) is 11.6 Å². The summed E-state index contributed by atoms with van der Waals surface area (Å²) in [6.45, 7) is 1.12. The van der Waals surface area contributed by atoms with Gasteiger partial charge in [-0.25, -0.2) is 13.6 Å². The van der Waals surface area contributed by atoms with Crippen LogP contribution in [-0.2, 0) is 15.7 Å². The third-order valence-corrected chi connectivity index (χ3v) is 3.69. The fourth-order valence-corrected chi connectivity index (χ4v) is 2.13. The number of esters is 1. The Kier molecular flexibility index (Phi) is 6.04. The monoisotopic (exact) mass is 407 g/mol.